The number of nitrogens with one attached hydrogen (secondary N) is 1. The van der Waals surface area contributed by atoms with E-state index in [9.17, 15) is 18.5 Å². The van der Waals surface area contributed by atoms with Crippen LogP contribution in [0.5, 0.6) is 0 Å². The molecule has 0 aliphatic carbocycles. The van der Waals surface area contributed by atoms with Crippen molar-refractivity contribution >= 4 is 21.6 Å². The third kappa shape index (κ3) is 4.08. The van der Waals surface area contributed by atoms with Gasteiger partial charge in [-0.05, 0) is 50.5 Å². The number of benzene rings is 2. The van der Waals surface area contributed by atoms with Crippen molar-refractivity contribution in [3.63, 3.8) is 0 Å². The Morgan fingerprint density at radius 3 is 2.46 bits per heavy atom. The quantitative estimate of drug-likeness (QED) is 0.858. The van der Waals surface area contributed by atoms with Crippen LogP contribution < -0.4 is 5.32 Å². The van der Waals surface area contributed by atoms with E-state index >= 15 is 0 Å². The summed E-state index contributed by atoms with van der Waals surface area (Å²) < 4.78 is 27.1. The number of carbonyl (C=O) groups excluding carboxylic acids is 1. The Balaban J connectivity index is 1.67. The third-order valence-corrected chi connectivity index (χ3v) is 7.05. The Labute approximate surface area is 165 Å². The second kappa shape index (κ2) is 8.13. The van der Waals surface area contributed by atoms with E-state index in [1.54, 1.807) is 12.1 Å². The van der Waals surface area contributed by atoms with Crippen LogP contribution in [0.25, 0.3) is 0 Å². The van der Waals surface area contributed by atoms with Crippen molar-refractivity contribution in [2.75, 3.05) is 18.4 Å². The molecule has 0 bridgehead atoms. The van der Waals surface area contributed by atoms with Gasteiger partial charge < -0.3 is 5.32 Å². The number of carbonyl (C=O) groups is 1. The van der Waals surface area contributed by atoms with Gasteiger partial charge in [0.05, 0.1) is 10.5 Å². The van der Waals surface area contributed by atoms with Crippen molar-refractivity contribution in [1.29, 1.82) is 5.26 Å². The second-order valence-electron chi connectivity index (χ2n) is 7.09. The lowest BCUT2D eigenvalue weighted by Crippen LogP contribution is -2.41. The van der Waals surface area contributed by atoms with Crippen LogP contribution in [0.4, 0.5) is 5.69 Å². The number of hydrogen-bond donors (Lipinski definition) is 1. The average molecular weight is 398 g/mol. The number of rotatable bonds is 4. The lowest BCUT2D eigenvalue weighted by Gasteiger charge is -2.30. The Morgan fingerprint density at radius 1 is 1.14 bits per heavy atom. The van der Waals surface area contributed by atoms with Crippen molar-refractivity contribution in [1.82, 2.24) is 4.31 Å². The number of anilines is 1. The first-order valence-electron chi connectivity index (χ1n) is 9.20. The molecule has 6 nitrogen and oxygen atoms in total. The fourth-order valence-electron chi connectivity index (χ4n) is 3.47. The van der Waals surface area contributed by atoms with Gasteiger partial charge in [-0.1, -0.05) is 29.8 Å². The molecule has 0 saturated carbocycles. The number of aryl methyl sites for hydroxylation is 2. The molecule has 1 aliphatic rings. The summed E-state index contributed by atoms with van der Waals surface area (Å²) in [6.45, 7) is 4.46. The van der Waals surface area contributed by atoms with E-state index in [1.165, 1.54) is 16.4 Å². The van der Waals surface area contributed by atoms with Gasteiger partial charge in [-0.25, -0.2) is 8.42 Å². The molecule has 1 fully saturated rings. The van der Waals surface area contributed by atoms with E-state index in [0.29, 0.717) is 12.8 Å². The zero-order valence-corrected chi connectivity index (χ0v) is 16.8. The molecule has 0 spiro atoms. The normalized spacial score (nSPS) is 15.8. The van der Waals surface area contributed by atoms with Crippen LogP contribution in [0, 0.1) is 31.1 Å². The molecule has 1 amide bonds. The number of sulfonamides is 1. The third-order valence-electron chi connectivity index (χ3n) is 5.09. The molecular formula is C21H23N3O3S. The van der Waals surface area contributed by atoms with Crippen LogP contribution in [-0.2, 0) is 14.8 Å². The summed E-state index contributed by atoms with van der Waals surface area (Å²) in [7, 11) is -3.75. The summed E-state index contributed by atoms with van der Waals surface area (Å²) in [5, 5.41) is 12.1. The molecule has 2 aromatic rings. The summed E-state index contributed by atoms with van der Waals surface area (Å²) in [6.07, 6.45) is 0.898. The lowest BCUT2D eigenvalue weighted by molar-refractivity contribution is -0.120. The van der Waals surface area contributed by atoms with Gasteiger partial charge in [-0.2, -0.15) is 9.57 Å². The molecule has 3 rings (SSSR count). The van der Waals surface area contributed by atoms with E-state index in [-0.39, 0.29) is 35.4 Å². The van der Waals surface area contributed by atoms with Crippen molar-refractivity contribution < 1.29 is 13.2 Å². The Kier molecular flexibility index (Phi) is 5.82. The van der Waals surface area contributed by atoms with Crippen LogP contribution in [-0.4, -0.2) is 31.7 Å². The molecule has 0 aromatic heterocycles. The fraction of sp³-hybridized carbons (Fsp3) is 0.333. The Hall–Kier alpha value is -2.69. The minimum absolute atomic E-state index is 0.0238. The largest absolute Gasteiger partial charge is 0.326 e. The van der Waals surface area contributed by atoms with Gasteiger partial charge in [0.25, 0.3) is 0 Å². The molecular weight excluding hydrogens is 374 g/mol. The van der Waals surface area contributed by atoms with E-state index < -0.39 is 10.0 Å². The molecule has 146 valence electrons. The van der Waals surface area contributed by atoms with Gasteiger partial charge in [-0.15, -0.1) is 0 Å². The van der Waals surface area contributed by atoms with Crippen molar-refractivity contribution in [2.45, 2.75) is 31.6 Å². The SMILES string of the molecule is Cc1ccc(NC(=O)C2CCN(S(=O)(=O)c3ccccc3C#N)CC2)c(C)c1. The highest BCUT2D eigenvalue weighted by Crippen LogP contribution is 2.27. The minimum atomic E-state index is -3.75. The highest BCUT2D eigenvalue weighted by molar-refractivity contribution is 7.89. The molecule has 28 heavy (non-hydrogen) atoms. The van der Waals surface area contributed by atoms with Gasteiger partial charge in [0.15, 0.2) is 0 Å². The van der Waals surface area contributed by atoms with Crippen LogP contribution in [0.3, 0.4) is 0 Å². The Bertz CT molecular complexity index is 1030. The summed E-state index contributed by atoms with van der Waals surface area (Å²) in [5.41, 5.74) is 3.05. The van der Waals surface area contributed by atoms with Crippen LogP contribution in [0.2, 0.25) is 0 Å². The predicted molar refractivity (Wildman–Crippen MR) is 107 cm³/mol. The first-order valence-corrected chi connectivity index (χ1v) is 10.6. The van der Waals surface area contributed by atoms with Crippen LogP contribution in [0.15, 0.2) is 47.4 Å². The van der Waals surface area contributed by atoms with E-state index in [0.717, 1.165) is 16.8 Å². The Morgan fingerprint density at radius 2 is 1.82 bits per heavy atom. The summed E-state index contributed by atoms with van der Waals surface area (Å²) >= 11 is 0. The van der Waals surface area contributed by atoms with E-state index in [1.807, 2.05) is 38.1 Å². The topological polar surface area (TPSA) is 90.3 Å². The van der Waals surface area contributed by atoms with Crippen LogP contribution in [0.1, 0.15) is 29.5 Å². The molecule has 0 radical (unpaired) electrons. The molecule has 7 heteroatoms. The van der Waals surface area contributed by atoms with Crippen LogP contribution >= 0.6 is 0 Å². The number of piperidine rings is 1. The highest BCUT2D eigenvalue weighted by Gasteiger charge is 2.33. The second-order valence-corrected chi connectivity index (χ2v) is 9.00. The number of nitrogens with zero attached hydrogens (tertiary/aromatic N) is 2. The first-order chi connectivity index (χ1) is 13.3. The standard InChI is InChI=1S/C21H23N3O3S/c1-15-7-8-19(16(2)13-15)23-21(25)17-9-11-24(12-10-17)28(26,27)20-6-4-3-5-18(20)14-22/h3-8,13,17H,9-12H2,1-2H3,(H,23,25). The molecule has 1 heterocycles. The minimum Gasteiger partial charge on any atom is -0.326 e. The molecule has 2 aromatic carbocycles. The van der Waals surface area contributed by atoms with Gasteiger partial charge >= 0.3 is 0 Å². The molecule has 0 unspecified atom stereocenters. The highest BCUT2D eigenvalue weighted by atomic mass is 32.2. The first kappa shape index (κ1) is 20.1. The summed E-state index contributed by atoms with van der Waals surface area (Å²) in [5.74, 6) is -0.320. The molecule has 1 N–H and O–H groups in total. The van der Waals surface area contributed by atoms with Crippen molar-refractivity contribution in [2.24, 2.45) is 5.92 Å². The number of amides is 1. The number of nitriles is 1. The summed E-state index contributed by atoms with van der Waals surface area (Å²) in [4.78, 5) is 12.6. The molecule has 0 atom stereocenters. The number of hydrogen-bond acceptors (Lipinski definition) is 4. The van der Waals surface area contributed by atoms with Gasteiger partial charge in [0, 0.05) is 24.7 Å². The van der Waals surface area contributed by atoms with E-state index in [2.05, 4.69) is 5.32 Å². The van der Waals surface area contributed by atoms with Gasteiger partial charge in [0.1, 0.15) is 6.07 Å². The van der Waals surface area contributed by atoms with Crippen molar-refractivity contribution in [3.05, 3.63) is 59.2 Å². The maximum Gasteiger partial charge on any atom is 0.244 e. The molecule has 1 aliphatic heterocycles. The maximum atomic E-state index is 12.9. The lowest BCUT2D eigenvalue weighted by atomic mass is 9.97. The van der Waals surface area contributed by atoms with Gasteiger partial charge in [-0.3, -0.25) is 4.79 Å². The maximum absolute atomic E-state index is 12.9. The zero-order chi connectivity index (χ0) is 20.3. The van der Waals surface area contributed by atoms with E-state index in [4.69, 9.17) is 0 Å². The predicted octanol–water partition coefficient (Wildman–Crippen LogP) is 3.21. The monoisotopic (exact) mass is 397 g/mol. The zero-order valence-electron chi connectivity index (χ0n) is 16.0. The average Bonchev–Trinajstić information content (AvgIpc) is 2.70. The smallest absolute Gasteiger partial charge is 0.244 e. The summed E-state index contributed by atoms with van der Waals surface area (Å²) in [6, 6.07) is 14.0. The fourth-order valence-corrected chi connectivity index (χ4v) is 5.08. The molecule has 1 saturated heterocycles. The van der Waals surface area contributed by atoms with Gasteiger partial charge in [0.2, 0.25) is 15.9 Å². The van der Waals surface area contributed by atoms with Crippen molar-refractivity contribution in [3.8, 4) is 6.07 Å².